The molecule has 0 bridgehead atoms. The molecule has 0 saturated heterocycles. The van der Waals surface area contributed by atoms with Crippen LogP contribution in [0, 0.1) is 0 Å². The number of hydrogen-bond acceptors (Lipinski definition) is 6. The van der Waals surface area contributed by atoms with E-state index in [-0.39, 0.29) is 31.9 Å². The summed E-state index contributed by atoms with van der Waals surface area (Å²) in [6.07, 6.45) is -1.11. The Morgan fingerprint density at radius 2 is 1.48 bits per heavy atom. The molecule has 0 N–H and O–H groups in total. The van der Waals surface area contributed by atoms with E-state index in [0.717, 1.165) is 39.3 Å². The van der Waals surface area contributed by atoms with Crippen molar-refractivity contribution in [3.63, 3.8) is 0 Å². The average molecular weight is 720 g/mol. The van der Waals surface area contributed by atoms with E-state index in [4.69, 9.17) is 9.47 Å². The fraction of sp³-hybridized carbons (Fsp3) is 0.400. The Kier molecular flexibility index (Phi) is 11.5. The van der Waals surface area contributed by atoms with Crippen molar-refractivity contribution in [3.05, 3.63) is 107 Å². The second-order valence-corrected chi connectivity index (χ2v) is 14.2. The minimum absolute atomic E-state index is 0.00875. The van der Waals surface area contributed by atoms with Crippen LogP contribution in [0.2, 0.25) is 0 Å². The van der Waals surface area contributed by atoms with E-state index >= 15 is 0 Å². The molecule has 2 aliphatic rings. The molecular weight excluding hydrogens is 675 g/mol. The summed E-state index contributed by atoms with van der Waals surface area (Å²) < 4.78 is 51.2. The highest BCUT2D eigenvalue weighted by Gasteiger charge is 2.39. The number of halogens is 3. The van der Waals surface area contributed by atoms with Crippen molar-refractivity contribution in [2.24, 2.45) is 0 Å². The van der Waals surface area contributed by atoms with Crippen LogP contribution in [-0.2, 0) is 36.5 Å². The molecule has 276 valence electrons. The summed E-state index contributed by atoms with van der Waals surface area (Å²) in [6, 6.07) is 18.0. The van der Waals surface area contributed by atoms with Crippen LogP contribution >= 0.6 is 0 Å². The molecule has 3 aromatic rings. The minimum atomic E-state index is -4.55. The smallest absolute Gasteiger partial charge is 0.416 e. The van der Waals surface area contributed by atoms with Crippen molar-refractivity contribution >= 4 is 23.9 Å². The number of carbonyl (C=O) groups is 4. The predicted molar refractivity (Wildman–Crippen MR) is 189 cm³/mol. The van der Waals surface area contributed by atoms with Gasteiger partial charge in [-0.2, -0.15) is 13.2 Å². The van der Waals surface area contributed by atoms with Crippen LogP contribution in [0.1, 0.15) is 61.8 Å². The van der Waals surface area contributed by atoms with Crippen LogP contribution in [0.4, 0.5) is 18.0 Å². The normalized spacial score (nSPS) is 17.3. The number of hydrogen-bond donors (Lipinski definition) is 0. The summed E-state index contributed by atoms with van der Waals surface area (Å²) in [5.74, 6) is -2.00. The Labute approximate surface area is 302 Å². The van der Waals surface area contributed by atoms with E-state index in [1.54, 1.807) is 26.8 Å². The lowest BCUT2D eigenvalue weighted by Gasteiger charge is -2.38. The number of amides is 3. The summed E-state index contributed by atoms with van der Waals surface area (Å²) in [7, 11) is 2.88. The van der Waals surface area contributed by atoms with Gasteiger partial charge in [0.1, 0.15) is 30.8 Å². The molecule has 12 heteroatoms. The van der Waals surface area contributed by atoms with E-state index in [0.29, 0.717) is 12.0 Å². The molecule has 0 unspecified atom stereocenters. The monoisotopic (exact) mass is 719 g/mol. The highest BCUT2D eigenvalue weighted by Crippen LogP contribution is 2.44. The van der Waals surface area contributed by atoms with E-state index in [9.17, 15) is 32.3 Å². The first-order valence-electron chi connectivity index (χ1n) is 17.2. The van der Waals surface area contributed by atoms with Gasteiger partial charge in [0.2, 0.25) is 11.8 Å². The van der Waals surface area contributed by atoms with Gasteiger partial charge in [-0.15, -0.1) is 0 Å². The molecule has 0 radical (unpaired) electrons. The number of likely N-dealkylation sites (N-methyl/N-ethyl adjacent to an activating group) is 2. The lowest BCUT2D eigenvalue weighted by molar-refractivity contribution is -0.159. The van der Waals surface area contributed by atoms with E-state index in [1.807, 2.05) is 54.6 Å². The second-order valence-electron chi connectivity index (χ2n) is 14.2. The first kappa shape index (κ1) is 38.1. The van der Waals surface area contributed by atoms with Gasteiger partial charge < -0.3 is 19.3 Å². The van der Waals surface area contributed by atoms with Crippen LogP contribution in [0.25, 0.3) is 11.1 Å². The van der Waals surface area contributed by atoms with Crippen LogP contribution in [0.3, 0.4) is 0 Å². The zero-order chi connectivity index (χ0) is 37.8. The van der Waals surface area contributed by atoms with Crippen LogP contribution in [-0.4, -0.2) is 90.1 Å². The molecule has 0 aromatic heterocycles. The fourth-order valence-electron chi connectivity index (χ4n) is 6.71. The number of alkyl halides is 3. The van der Waals surface area contributed by atoms with Crippen molar-refractivity contribution in [2.45, 2.75) is 69.8 Å². The Morgan fingerprint density at radius 3 is 2.06 bits per heavy atom. The molecule has 1 heterocycles. The van der Waals surface area contributed by atoms with Gasteiger partial charge in [0, 0.05) is 33.0 Å². The Balaban J connectivity index is 1.38. The predicted octanol–water partition coefficient (Wildman–Crippen LogP) is 6.84. The highest BCUT2D eigenvalue weighted by atomic mass is 19.4. The number of carbonyl (C=O) groups excluding carboxylic acids is 4. The number of esters is 1. The first-order valence-corrected chi connectivity index (χ1v) is 17.2. The van der Waals surface area contributed by atoms with Crippen molar-refractivity contribution in [3.8, 4) is 11.1 Å². The van der Waals surface area contributed by atoms with Crippen molar-refractivity contribution in [1.29, 1.82) is 0 Å². The van der Waals surface area contributed by atoms with E-state index in [1.165, 1.54) is 36.0 Å². The van der Waals surface area contributed by atoms with Gasteiger partial charge in [0.05, 0.1) is 5.56 Å². The SMILES string of the molecule is CN(CC(=O)OC(C)(C)C)C(=O)[C@H](Cc1ccc(C(F)(F)F)cc1)N1C/C=C\CC[C@H](N(C)C(=O)OCC2c3ccccc3-c3ccccc32)C1=O. The zero-order valence-electron chi connectivity index (χ0n) is 30.0. The molecule has 1 aliphatic carbocycles. The van der Waals surface area contributed by atoms with Crippen LogP contribution < -0.4 is 0 Å². The molecule has 52 heavy (non-hydrogen) atoms. The molecular formula is C40H44F3N3O6. The zero-order valence-corrected chi connectivity index (χ0v) is 30.0. The van der Waals surface area contributed by atoms with Crippen molar-refractivity contribution < 1.29 is 41.8 Å². The van der Waals surface area contributed by atoms with Crippen LogP contribution in [0.15, 0.2) is 84.9 Å². The lowest BCUT2D eigenvalue weighted by atomic mass is 9.98. The van der Waals surface area contributed by atoms with Gasteiger partial charge in [-0.3, -0.25) is 19.3 Å². The molecule has 9 nitrogen and oxygen atoms in total. The Hall–Kier alpha value is -5.13. The van der Waals surface area contributed by atoms with Gasteiger partial charge in [-0.05, 0) is 73.6 Å². The standard InChI is InChI=1S/C40H44F3N3O6/c1-39(2,3)52-35(47)24-44(4)36(48)34(23-26-18-20-27(21-19-26)40(41,42)43)46-22-12-6-7-17-33(37(46)49)45(5)38(50)51-25-32-30-15-10-8-13-28(30)29-14-9-11-16-31(29)32/h6,8-16,18-21,32-34H,7,17,22-25H2,1-5H3/b12-6-/t33-,34-/m0/s1. The molecule has 1 aliphatic heterocycles. The average Bonchev–Trinajstić information content (AvgIpc) is 3.40. The minimum Gasteiger partial charge on any atom is -0.459 e. The molecule has 0 fully saturated rings. The molecule has 0 spiro atoms. The van der Waals surface area contributed by atoms with Gasteiger partial charge in [-0.25, -0.2) is 4.79 Å². The van der Waals surface area contributed by atoms with E-state index < -0.39 is 59.8 Å². The van der Waals surface area contributed by atoms with Crippen molar-refractivity contribution in [2.75, 3.05) is 33.8 Å². The summed E-state index contributed by atoms with van der Waals surface area (Å²) in [4.78, 5) is 58.5. The summed E-state index contributed by atoms with van der Waals surface area (Å²) in [6.45, 7) is 4.70. The quantitative estimate of drug-likeness (QED) is 0.178. The molecule has 2 atom stereocenters. The summed E-state index contributed by atoms with van der Waals surface area (Å²) >= 11 is 0. The second kappa shape index (κ2) is 15.6. The first-order chi connectivity index (χ1) is 24.5. The maximum Gasteiger partial charge on any atom is 0.416 e. The van der Waals surface area contributed by atoms with Crippen LogP contribution in [0.5, 0.6) is 0 Å². The third kappa shape index (κ3) is 8.83. The Bertz CT molecular complexity index is 1770. The number of ether oxygens (including phenoxy) is 2. The molecule has 5 rings (SSSR count). The van der Waals surface area contributed by atoms with Crippen molar-refractivity contribution in [1.82, 2.24) is 14.7 Å². The van der Waals surface area contributed by atoms with Gasteiger partial charge >= 0.3 is 18.2 Å². The largest absolute Gasteiger partial charge is 0.459 e. The summed E-state index contributed by atoms with van der Waals surface area (Å²) in [5.41, 5.74) is 2.95. The maximum absolute atomic E-state index is 14.4. The van der Waals surface area contributed by atoms with E-state index in [2.05, 4.69) is 0 Å². The van der Waals surface area contributed by atoms with Gasteiger partial charge in [0.15, 0.2) is 0 Å². The Morgan fingerprint density at radius 1 is 0.885 bits per heavy atom. The topological polar surface area (TPSA) is 96.5 Å². The number of rotatable bonds is 9. The number of benzene rings is 3. The third-order valence-electron chi connectivity index (χ3n) is 9.27. The number of fused-ring (bicyclic) bond motifs is 3. The molecule has 0 saturated carbocycles. The fourth-order valence-corrected chi connectivity index (χ4v) is 6.71. The maximum atomic E-state index is 14.4. The van der Waals surface area contributed by atoms with Gasteiger partial charge in [0.25, 0.3) is 0 Å². The third-order valence-corrected chi connectivity index (χ3v) is 9.27. The number of allylic oxidation sites excluding steroid dienone is 1. The summed E-state index contributed by atoms with van der Waals surface area (Å²) in [5, 5.41) is 0. The number of nitrogens with zero attached hydrogens (tertiary/aromatic N) is 3. The lowest BCUT2D eigenvalue weighted by Crippen LogP contribution is -2.57. The molecule has 3 amide bonds. The highest BCUT2D eigenvalue weighted by molar-refractivity contribution is 5.93. The van der Waals surface area contributed by atoms with Gasteiger partial charge in [-0.1, -0.05) is 72.8 Å². The molecule has 3 aromatic carbocycles.